The zero-order chi connectivity index (χ0) is 28.3. The van der Waals surface area contributed by atoms with Gasteiger partial charge in [-0.15, -0.1) is 34.0 Å². The van der Waals surface area contributed by atoms with Crippen LogP contribution >= 0.6 is 34.0 Å². The lowest BCUT2D eigenvalue weighted by Gasteiger charge is -2.16. The van der Waals surface area contributed by atoms with Crippen molar-refractivity contribution in [1.29, 1.82) is 5.26 Å². The fraction of sp³-hybridized carbons (Fsp3) is 0.148. The minimum absolute atomic E-state index is 0.0145. The van der Waals surface area contributed by atoms with Gasteiger partial charge in [-0.1, -0.05) is 24.3 Å². The van der Waals surface area contributed by atoms with Gasteiger partial charge in [-0.2, -0.15) is 5.26 Å². The van der Waals surface area contributed by atoms with Crippen LogP contribution in [0.15, 0.2) is 65.6 Å². The van der Waals surface area contributed by atoms with E-state index in [1.165, 1.54) is 35.6 Å². The number of carbonyl (C=O) groups is 1. The lowest BCUT2D eigenvalue weighted by Crippen LogP contribution is -2.23. The van der Waals surface area contributed by atoms with Gasteiger partial charge >= 0.3 is 6.16 Å². The summed E-state index contributed by atoms with van der Waals surface area (Å²) in [6.07, 6.45) is 1.07. The van der Waals surface area contributed by atoms with Crippen LogP contribution in [0.1, 0.15) is 15.4 Å². The summed E-state index contributed by atoms with van der Waals surface area (Å²) in [5, 5.41) is 16.5. The molecule has 2 aromatic carbocycles. The van der Waals surface area contributed by atoms with Gasteiger partial charge < -0.3 is 14.4 Å². The molecule has 9 nitrogen and oxygen atoms in total. The minimum Gasteiger partial charge on any atom is -0.432 e. The molecule has 0 aliphatic carbocycles. The number of hydrogen-bond donors (Lipinski definition) is 1. The van der Waals surface area contributed by atoms with Gasteiger partial charge in [-0.3, -0.25) is 0 Å². The maximum Gasteiger partial charge on any atom is 0.508 e. The summed E-state index contributed by atoms with van der Waals surface area (Å²) in [5.41, 5.74) is 2.03. The van der Waals surface area contributed by atoms with E-state index >= 15 is 0 Å². The number of para-hydroxylation sites is 1. The lowest BCUT2D eigenvalue weighted by molar-refractivity contribution is 0.0518. The standard InChI is InChI=1S/C27H22N4O5S4/c1-31(10-11-35-27(32)36-16-17-6-8-20(9-7-17)40(29,33)34)25-14-24-23(38-25)13-19(37-24)12-18(15-28)26-30-21-4-2-3-5-22(21)39-26/h2-9,12-14H,10-11,16H2,1H3,(H2,29,33,34)/b18-12+. The Morgan fingerprint density at radius 1 is 1.05 bits per heavy atom. The molecule has 204 valence electrons. The van der Waals surface area contributed by atoms with Gasteiger partial charge in [0, 0.05) is 21.3 Å². The highest BCUT2D eigenvalue weighted by atomic mass is 32.2. The van der Waals surface area contributed by atoms with Gasteiger partial charge in [0.25, 0.3) is 0 Å². The van der Waals surface area contributed by atoms with Gasteiger partial charge in [0.2, 0.25) is 10.0 Å². The quantitative estimate of drug-likeness (QED) is 0.157. The number of thiophene rings is 2. The maximum absolute atomic E-state index is 12.0. The molecule has 3 heterocycles. The average Bonchev–Trinajstić information content (AvgIpc) is 3.63. The Hall–Kier alpha value is -3.80. The normalized spacial score (nSPS) is 12.0. The summed E-state index contributed by atoms with van der Waals surface area (Å²) in [7, 11) is -1.86. The van der Waals surface area contributed by atoms with Crippen molar-refractivity contribution in [3.8, 4) is 6.07 Å². The molecule has 0 atom stereocenters. The number of rotatable bonds is 9. The molecule has 2 N–H and O–H groups in total. The predicted molar refractivity (Wildman–Crippen MR) is 160 cm³/mol. The fourth-order valence-corrected chi connectivity index (χ4v) is 7.49. The Labute approximate surface area is 242 Å². The number of thiazole rings is 1. The SMILES string of the molecule is CN(CCOC(=O)OCc1ccc(S(N)(=O)=O)cc1)c1cc2sc(/C=C(\C#N)c3nc4ccccc4s3)cc2s1. The van der Waals surface area contributed by atoms with Crippen LogP contribution < -0.4 is 10.0 Å². The zero-order valence-electron chi connectivity index (χ0n) is 21.1. The Kier molecular flexibility index (Phi) is 8.15. The summed E-state index contributed by atoms with van der Waals surface area (Å²) in [6, 6.07) is 20.0. The molecule has 0 saturated heterocycles. The molecule has 40 heavy (non-hydrogen) atoms. The third kappa shape index (κ3) is 6.49. The second-order valence-electron chi connectivity index (χ2n) is 8.62. The van der Waals surface area contributed by atoms with Gasteiger partial charge in [0.05, 0.1) is 32.2 Å². The lowest BCUT2D eigenvalue weighted by atomic mass is 10.2. The monoisotopic (exact) mass is 610 g/mol. The minimum atomic E-state index is -3.77. The Balaban J connectivity index is 1.13. The van der Waals surface area contributed by atoms with Crippen LogP contribution in [-0.4, -0.2) is 39.8 Å². The molecule has 5 rings (SSSR count). The van der Waals surface area contributed by atoms with Gasteiger partial charge in [0.15, 0.2) is 0 Å². The van der Waals surface area contributed by atoms with E-state index in [2.05, 4.69) is 23.2 Å². The van der Waals surface area contributed by atoms with E-state index in [1.807, 2.05) is 42.3 Å². The molecule has 0 amide bonds. The summed E-state index contributed by atoms with van der Waals surface area (Å²) in [4.78, 5) is 19.5. The maximum atomic E-state index is 12.0. The molecule has 0 aliphatic heterocycles. The molecule has 0 saturated carbocycles. The van der Waals surface area contributed by atoms with Crippen molar-refractivity contribution in [2.45, 2.75) is 11.5 Å². The van der Waals surface area contributed by atoms with Crippen LogP contribution in [0.4, 0.5) is 9.80 Å². The highest BCUT2D eigenvalue weighted by Gasteiger charge is 2.14. The molecule has 0 unspecified atom stereocenters. The first-order chi connectivity index (χ1) is 19.2. The van der Waals surface area contributed by atoms with Crippen LogP contribution in [-0.2, 0) is 26.1 Å². The van der Waals surface area contributed by atoms with E-state index in [1.54, 1.807) is 22.7 Å². The molecule has 0 spiro atoms. The smallest absolute Gasteiger partial charge is 0.432 e. The Morgan fingerprint density at radius 2 is 1.80 bits per heavy atom. The third-order valence-electron chi connectivity index (χ3n) is 5.78. The molecular weight excluding hydrogens is 589 g/mol. The number of nitrogens with two attached hydrogens (primary N) is 1. The van der Waals surface area contributed by atoms with Gasteiger partial charge in [0.1, 0.15) is 24.3 Å². The van der Waals surface area contributed by atoms with Crippen molar-refractivity contribution < 1.29 is 22.7 Å². The van der Waals surface area contributed by atoms with Crippen LogP contribution in [0.2, 0.25) is 0 Å². The number of nitriles is 1. The molecule has 0 aliphatic rings. The second-order valence-corrected chi connectivity index (χ2v) is 13.4. The van der Waals surface area contributed by atoms with E-state index < -0.39 is 16.2 Å². The number of hydrogen-bond acceptors (Lipinski definition) is 11. The zero-order valence-corrected chi connectivity index (χ0v) is 24.3. The highest BCUT2D eigenvalue weighted by Crippen LogP contribution is 2.39. The summed E-state index contributed by atoms with van der Waals surface area (Å²) < 4.78 is 36.2. The number of anilines is 1. The number of nitrogens with zero attached hydrogens (tertiary/aromatic N) is 3. The highest BCUT2D eigenvalue weighted by molar-refractivity contribution is 7.89. The average molecular weight is 611 g/mol. The van der Waals surface area contributed by atoms with Crippen molar-refractivity contribution in [3.05, 3.63) is 76.1 Å². The van der Waals surface area contributed by atoms with E-state index in [9.17, 15) is 18.5 Å². The molecule has 5 aromatic rings. The molecular formula is C27H22N4O5S4. The van der Waals surface area contributed by atoms with Crippen molar-refractivity contribution in [2.24, 2.45) is 5.14 Å². The number of aromatic nitrogens is 1. The summed E-state index contributed by atoms with van der Waals surface area (Å²) >= 11 is 4.73. The van der Waals surface area contributed by atoms with E-state index in [0.717, 1.165) is 29.5 Å². The van der Waals surface area contributed by atoms with Gasteiger partial charge in [-0.05, 0) is 48.0 Å². The number of allylic oxidation sites excluding steroid dienone is 1. The van der Waals surface area contributed by atoms with E-state index in [0.29, 0.717) is 22.7 Å². The van der Waals surface area contributed by atoms with Crippen molar-refractivity contribution in [1.82, 2.24) is 4.98 Å². The fourth-order valence-electron chi connectivity index (χ4n) is 3.71. The topological polar surface area (TPSA) is 136 Å². The third-order valence-corrected chi connectivity index (χ3v) is 10.1. The van der Waals surface area contributed by atoms with E-state index in [4.69, 9.17) is 14.6 Å². The van der Waals surface area contributed by atoms with Gasteiger partial charge in [-0.25, -0.2) is 23.3 Å². The van der Waals surface area contributed by atoms with E-state index in [-0.39, 0.29) is 18.1 Å². The Morgan fingerprint density at radius 3 is 2.50 bits per heavy atom. The largest absolute Gasteiger partial charge is 0.508 e. The molecule has 13 heteroatoms. The van der Waals surface area contributed by atoms with Crippen LogP contribution in [0, 0.1) is 11.3 Å². The molecule has 0 radical (unpaired) electrons. The number of ether oxygens (including phenoxy) is 2. The first-order valence-electron chi connectivity index (χ1n) is 11.8. The number of benzene rings is 2. The number of carbonyl (C=O) groups excluding carboxylic acids is 1. The second kappa shape index (κ2) is 11.7. The number of primary sulfonamides is 1. The summed E-state index contributed by atoms with van der Waals surface area (Å²) in [5.74, 6) is 0. The van der Waals surface area contributed by atoms with Crippen LogP contribution in [0.5, 0.6) is 0 Å². The molecule has 0 fully saturated rings. The number of sulfonamides is 1. The number of likely N-dealkylation sites (N-methyl/N-ethyl adjacent to an activating group) is 1. The van der Waals surface area contributed by atoms with Crippen LogP contribution in [0.3, 0.4) is 0 Å². The number of fused-ring (bicyclic) bond motifs is 2. The first kappa shape index (κ1) is 27.8. The first-order valence-corrected chi connectivity index (χ1v) is 15.8. The molecule has 3 aromatic heterocycles. The Bertz CT molecular complexity index is 1800. The molecule has 0 bridgehead atoms. The van der Waals surface area contributed by atoms with Crippen molar-refractivity contribution in [3.63, 3.8) is 0 Å². The van der Waals surface area contributed by atoms with Crippen LogP contribution in [0.25, 0.3) is 31.3 Å². The summed E-state index contributed by atoms with van der Waals surface area (Å²) in [6.45, 7) is 0.547. The van der Waals surface area contributed by atoms with Crippen molar-refractivity contribution >= 4 is 86.5 Å². The van der Waals surface area contributed by atoms with Crippen molar-refractivity contribution in [2.75, 3.05) is 25.1 Å². The predicted octanol–water partition coefficient (Wildman–Crippen LogP) is 6.07.